The number of fused-ring (bicyclic) bond motifs is 6. The Morgan fingerprint density at radius 1 is 0.551 bits per heavy atom. The standard InChI is InChI=1S/C46H41OS2/c1-28-12-8-11-15-44(28)49(34-18-22-38-35-13-9-10-14-39(35)45(4,5)42(38)27-34)33-19-23-43(29(2)24-33)48-32-17-21-37-36-20-16-31(30(3)47)25-40(36)46(6,7)41(37)26-32/h8-27H,1-7H3/q+1. The highest BCUT2D eigenvalue weighted by atomic mass is 32.2. The van der Waals surface area contributed by atoms with Crippen LogP contribution < -0.4 is 0 Å². The van der Waals surface area contributed by atoms with E-state index in [1.54, 1.807) is 6.92 Å². The Kier molecular flexibility index (Phi) is 7.59. The number of carbonyl (C=O) groups excluding carboxylic acids is 1. The fourth-order valence-electron chi connectivity index (χ4n) is 7.98. The van der Waals surface area contributed by atoms with Crippen LogP contribution >= 0.6 is 11.8 Å². The van der Waals surface area contributed by atoms with E-state index in [0.717, 1.165) is 5.56 Å². The number of aryl methyl sites for hydroxylation is 2. The number of carbonyl (C=O) groups is 1. The van der Waals surface area contributed by atoms with E-state index < -0.39 is 0 Å². The van der Waals surface area contributed by atoms with E-state index in [-0.39, 0.29) is 27.5 Å². The van der Waals surface area contributed by atoms with Gasteiger partial charge in [-0.2, -0.15) is 0 Å². The van der Waals surface area contributed by atoms with Gasteiger partial charge in [-0.15, -0.1) is 0 Å². The topological polar surface area (TPSA) is 17.1 Å². The molecule has 6 aromatic carbocycles. The van der Waals surface area contributed by atoms with Gasteiger partial charge in [-0.3, -0.25) is 4.79 Å². The average Bonchev–Trinajstić information content (AvgIpc) is 3.45. The maximum atomic E-state index is 12.2. The zero-order valence-corrected chi connectivity index (χ0v) is 30.9. The smallest absolute Gasteiger partial charge is 0.169 e. The Morgan fingerprint density at radius 2 is 1.12 bits per heavy atom. The van der Waals surface area contributed by atoms with Crippen molar-refractivity contribution in [3.8, 4) is 22.3 Å². The van der Waals surface area contributed by atoms with Crippen molar-refractivity contribution in [3.63, 3.8) is 0 Å². The summed E-state index contributed by atoms with van der Waals surface area (Å²) in [5.41, 5.74) is 13.8. The number of benzene rings is 6. The van der Waals surface area contributed by atoms with E-state index in [1.165, 1.54) is 80.1 Å². The highest BCUT2D eigenvalue weighted by molar-refractivity contribution is 7.99. The van der Waals surface area contributed by atoms with Gasteiger partial charge >= 0.3 is 0 Å². The third-order valence-electron chi connectivity index (χ3n) is 10.8. The number of rotatable bonds is 6. The summed E-state index contributed by atoms with van der Waals surface area (Å²) in [6.07, 6.45) is 0. The lowest BCUT2D eigenvalue weighted by Gasteiger charge is -2.22. The van der Waals surface area contributed by atoms with Crippen LogP contribution in [-0.4, -0.2) is 5.78 Å². The molecule has 0 bridgehead atoms. The third kappa shape index (κ3) is 5.13. The molecule has 0 radical (unpaired) electrons. The predicted molar refractivity (Wildman–Crippen MR) is 207 cm³/mol. The molecule has 2 aliphatic rings. The summed E-state index contributed by atoms with van der Waals surface area (Å²) in [4.78, 5) is 18.8. The molecule has 3 heteroatoms. The van der Waals surface area contributed by atoms with Crippen molar-refractivity contribution in [2.24, 2.45) is 0 Å². The molecule has 1 unspecified atom stereocenters. The molecule has 1 nitrogen and oxygen atoms in total. The average molecular weight is 674 g/mol. The molecule has 0 saturated heterocycles. The molecule has 0 spiro atoms. The van der Waals surface area contributed by atoms with Crippen molar-refractivity contribution >= 4 is 28.4 Å². The zero-order chi connectivity index (χ0) is 34.2. The third-order valence-corrected chi connectivity index (χ3v) is 14.3. The fourth-order valence-corrected chi connectivity index (χ4v) is 11.2. The molecule has 6 aromatic rings. The molecule has 0 saturated carbocycles. The predicted octanol–water partition coefficient (Wildman–Crippen LogP) is 12.4. The first-order valence-corrected chi connectivity index (χ1v) is 19.1. The van der Waals surface area contributed by atoms with Gasteiger partial charge in [-0.25, -0.2) is 0 Å². The van der Waals surface area contributed by atoms with Gasteiger partial charge in [0, 0.05) is 31.7 Å². The first-order valence-electron chi connectivity index (χ1n) is 17.1. The molecule has 0 aromatic heterocycles. The molecule has 49 heavy (non-hydrogen) atoms. The van der Waals surface area contributed by atoms with Crippen LogP contribution in [0.5, 0.6) is 0 Å². The lowest BCUT2D eigenvalue weighted by molar-refractivity contribution is 0.101. The summed E-state index contributed by atoms with van der Waals surface area (Å²) in [5.74, 6) is 0.112. The minimum absolute atomic E-state index is 0.0410. The second-order valence-corrected chi connectivity index (χ2v) is 17.7. The van der Waals surface area contributed by atoms with E-state index in [0.29, 0.717) is 0 Å². The van der Waals surface area contributed by atoms with Crippen LogP contribution in [0.25, 0.3) is 22.3 Å². The van der Waals surface area contributed by atoms with Crippen molar-refractivity contribution in [1.82, 2.24) is 0 Å². The molecule has 1 atom stereocenters. The summed E-state index contributed by atoms with van der Waals surface area (Å²) in [6, 6.07) is 45.2. The summed E-state index contributed by atoms with van der Waals surface area (Å²) >= 11 is 1.84. The first-order chi connectivity index (χ1) is 23.4. The van der Waals surface area contributed by atoms with E-state index in [1.807, 2.05) is 17.8 Å². The van der Waals surface area contributed by atoms with E-state index >= 15 is 0 Å². The minimum atomic E-state index is -0.254. The second kappa shape index (κ2) is 11.6. The molecule has 0 heterocycles. The van der Waals surface area contributed by atoms with Crippen LogP contribution in [0.4, 0.5) is 0 Å². The van der Waals surface area contributed by atoms with Crippen molar-refractivity contribution in [1.29, 1.82) is 0 Å². The van der Waals surface area contributed by atoms with Gasteiger partial charge in [0.15, 0.2) is 20.5 Å². The van der Waals surface area contributed by atoms with E-state index in [4.69, 9.17) is 0 Å². The van der Waals surface area contributed by atoms with Crippen LogP contribution in [0.15, 0.2) is 146 Å². The van der Waals surface area contributed by atoms with E-state index in [9.17, 15) is 4.79 Å². The normalized spacial score (nSPS) is 15.2. The summed E-state index contributed by atoms with van der Waals surface area (Å²) in [5, 5.41) is 0. The number of Topliss-reactive ketones (excluding diaryl/α,β-unsaturated/α-hetero) is 1. The van der Waals surface area contributed by atoms with Crippen LogP contribution in [-0.2, 0) is 21.7 Å². The molecule has 0 amide bonds. The maximum Gasteiger partial charge on any atom is 0.169 e. The SMILES string of the molecule is CC(=O)c1ccc2c(c1)C(C)(C)c1cc(Sc3ccc([S+](c4ccc5c(c4)C(C)(C)c4ccccc4-5)c4ccccc4C)cc3C)ccc1-2. The summed E-state index contributed by atoms with van der Waals surface area (Å²) < 4.78 is 0. The number of ketones is 1. The van der Waals surface area contributed by atoms with Gasteiger partial charge in [-0.05, 0) is 132 Å². The minimum Gasteiger partial charge on any atom is -0.295 e. The molecule has 2 aliphatic carbocycles. The largest absolute Gasteiger partial charge is 0.295 e. The molecule has 242 valence electrons. The molecule has 0 aliphatic heterocycles. The number of hydrogen-bond acceptors (Lipinski definition) is 2. The van der Waals surface area contributed by atoms with Crippen molar-refractivity contribution in [2.45, 2.75) is 83.8 Å². The van der Waals surface area contributed by atoms with Crippen LogP contribution in [0.1, 0.15) is 78.4 Å². The van der Waals surface area contributed by atoms with Crippen LogP contribution in [0, 0.1) is 13.8 Å². The van der Waals surface area contributed by atoms with Crippen LogP contribution in [0.2, 0.25) is 0 Å². The fraction of sp³-hybridized carbons (Fsp3) is 0.196. The Hall–Kier alpha value is -4.31. The van der Waals surface area contributed by atoms with Crippen molar-refractivity contribution in [3.05, 3.63) is 160 Å². The van der Waals surface area contributed by atoms with Gasteiger partial charge in [0.1, 0.15) is 0 Å². The molecular weight excluding hydrogens is 633 g/mol. The number of hydrogen-bond donors (Lipinski definition) is 0. The lowest BCUT2D eigenvalue weighted by Crippen LogP contribution is -2.16. The first kappa shape index (κ1) is 31.9. The highest BCUT2D eigenvalue weighted by Gasteiger charge is 2.39. The maximum absolute atomic E-state index is 12.2. The van der Waals surface area contributed by atoms with Gasteiger partial charge in [0.2, 0.25) is 0 Å². The Morgan fingerprint density at radius 3 is 1.86 bits per heavy atom. The van der Waals surface area contributed by atoms with E-state index in [2.05, 4.69) is 157 Å². The molecule has 8 rings (SSSR count). The van der Waals surface area contributed by atoms with Gasteiger partial charge in [0.25, 0.3) is 0 Å². The molecule has 0 fully saturated rings. The Balaban J connectivity index is 1.15. The quantitative estimate of drug-likeness (QED) is 0.129. The van der Waals surface area contributed by atoms with Crippen LogP contribution in [0.3, 0.4) is 0 Å². The monoisotopic (exact) mass is 673 g/mol. The Labute approximate surface area is 298 Å². The second-order valence-electron chi connectivity index (χ2n) is 14.6. The molecular formula is C46H41OS2+. The van der Waals surface area contributed by atoms with Crippen molar-refractivity contribution < 1.29 is 4.79 Å². The lowest BCUT2D eigenvalue weighted by atomic mass is 9.82. The Bertz CT molecular complexity index is 2330. The summed E-state index contributed by atoms with van der Waals surface area (Å²) in [7, 11) is -0.254. The summed E-state index contributed by atoms with van der Waals surface area (Å²) in [6.45, 7) is 15.4. The van der Waals surface area contributed by atoms with Gasteiger partial charge < -0.3 is 0 Å². The van der Waals surface area contributed by atoms with Crippen molar-refractivity contribution in [2.75, 3.05) is 0 Å². The van der Waals surface area contributed by atoms with Gasteiger partial charge in [-0.1, -0.05) is 100 Å². The molecule has 0 N–H and O–H groups in total. The zero-order valence-electron chi connectivity index (χ0n) is 29.3. The van der Waals surface area contributed by atoms with Gasteiger partial charge in [0.05, 0.1) is 10.9 Å². The highest BCUT2D eigenvalue weighted by Crippen LogP contribution is 2.52.